The molecule has 8 heteroatoms. The van der Waals surface area contributed by atoms with Crippen LogP contribution in [0.3, 0.4) is 0 Å². The van der Waals surface area contributed by atoms with Crippen molar-refractivity contribution in [3.05, 3.63) is 53.9 Å². The molecule has 0 aliphatic carbocycles. The topological polar surface area (TPSA) is 88.1 Å². The summed E-state index contributed by atoms with van der Waals surface area (Å²) in [6.45, 7) is 0.489. The lowest BCUT2D eigenvalue weighted by molar-refractivity contribution is -0.127. The fraction of sp³-hybridized carbons (Fsp3) is 0.353. The van der Waals surface area contributed by atoms with Crippen molar-refractivity contribution in [3.63, 3.8) is 0 Å². The van der Waals surface area contributed by atoms with Crippen LogP contribution in [0.25, 0.3) is 0 Å². The molecule has 1 heterocycles. The Bertz CT molecular complexity index is 675. The Balaban J connectivity index is 0.00000312. The van der Waals surface area contributed by atoms with Crippen LogP contribution < -0.4 is 16.0 Å². The molecule has 1 aromatic heterocycles. The molecule has 0 spiro atoms. The number of likely N-dealkylation sites (N-methyl/N-ethyl adjacent to an activating group) is 1. The van der Waals surface area contributed by atoms with Crippen molar-refractivity contribution in [3.8, 4) is 0 Å². The van der Waals surface area contributed by atoms with E-state index in [2.05, 4.69) is 21.0 Å². The molecule has 1 atom stereocenters. The molecular formula is C17H24ClN5O2. The molecule has 2 rings (SSSR count). The predicted molar refractivity (Wildman–Crippen MR) is 98.4 cm³/mol. The Kier molecular flexibility index (Phi) is 8.66. The Hall–Kier alpha value is -2.38. The number of nitrogens with one attached hydrogen (secondary N) is 3. The first kappa shape index (κ1) is 20.7. The van der Waals surface area contributed by atoms with Gasteiger partial charge in [-0.1, -0.05) is 30.3 Å². The molecule has 7 nitrogen and oxygen atoms in total. The fourth-order valence-electron chi connectivity index (χ4n) is 2.36. The number of benzene rings is 1. The number of hydrogen-bond acceptors (Lipinski definition) is 4. The van der Waals surface area contributed by atoms with Crippen LogP contribution in [0.15, 0.2) is 42.7 Å². The first-order chi connectivity index (χ1) is 11.6. The molecule has 0 saturated heterocycles. The normalized spacial score (nSPS) is 11.3. The monoisotopic (exact) mass is 365 g/mol. The van der Waals surface area contributed by atoms with E-state index in [0.717, 1.165) is 17.5 Å². The molecule has 0 aliphatic rings. The molecule has 136 valence electrons. The highest BCUT2D eigenvalue weighted by Gasteiger charge is 2.20. The largest absolute Gasteiger partial charge is 0.354 e. The van der Waals surface area contributed by atoms with E-state index in [-0.39, 0.29) is 30.8 Å². The summed E-state index contributed by atoms with van der Waals surface area (Å²) < 4.78 is 1.63. The fourth-order valence-corrected chi connectivity index (χ4v) is 2.36. The van der Waals surface area contributed by atoms with Gasteiger partial charge in [-0.15, -0.1) is 12.4 Å². The van der Waals surface area contributed by atoms with E-state index in [0.29, 0.717) is 6.54 Å². The molecule has 2 aromatic rings. The molecule has 0 fully saturated rings. The van der Waals surface area contributed by atoms with Gasteiger partial charge in [-0.05, 0) is 19.0 Å². The molecule has 2 amide bonds. The van der Waals surface area contributed by atoms with E-state index >= 15 is 0 Å². The maximum atomic E-state index is 12.2. The standard InChI is InChI=1S/C17H23N5O2.ClH/c1-18-16(14-10-21-22(2)12-14)17(24)20-11-15(23)19-9-8-13-6-4-3-5-7-13;/h3-7,10,12,16,18H,8-9,11H2,1-2H3,(H,19,23)(H,20,24);1H. The van der Waals surface area contributed by atoms with Gasteiger partial charge in [0.1, 0.15) is 6.04 Å². The molecule has 0 radical (unpaired) electrons. The van der Waals surface area contributed by atoms with Crippen molar-refractivity contribution >= 4 is 24.2 Å². The van der Waals surface area contributed by atoms with Gasteiger partial charge in [0.25, 0.3) is 0 Å². The summed E-state index contributed by atoms with van der Waals surface area (Å²) in [5.74, 6) is -0.468. The van der Waals surface area contributed by atoms with Crippen LogP contribution in [-0.4, -0.2) is 41.7 Å². The number of hydrogen-bond donors (Lipinski definition) is 3. The van der Waals surface area contributed by atoms with E-state index < -0.39 is 6.04 Å². The van der Waals surface area contributed by atoms with Gasteiger partial charge in [0.2, 0.25) is 11.8 Å². The molecule has 0 aliphatic heterocycles. The number of carbonyl (C=O) groups is 2. The highest BCUT2D eigenvalue weighted by molar-refractivity contribution is 5.88. The van der Waals surface area contributed by atoms with Crippen LogP contribution in [0.2, 0.25) is 0 Å². The van der Waals surface area contributed by atoms with Crippen LogP contribution in [0.5, 0.6) is 0 Å². The second kappa shape index (κ2) is 10.5. The van der Waals surface area contributed by atoms with Crippen LogP contribution >= 0.6 is 12.4 Å². The van der Waals surface area contributed by atoms with Crippen LogP contribution in [0.4, 0.5) is 0 Å². The highest BCUT2D eigenvalue weighted by atomic mass is 35.5. The zero-order valence-corrected chi connectivity index (χ0v) is 15.2. The smallest absolute Gasteiger partial charge is 0.242 e. The van der Waals surface area contributed by atoms with Gasteiger partial charge in [-0.3, -0.25) is 14.3 Å². The molecule has 1 unspecified atom stereocenters. The second-order valence-electron chi connectivity index (χ2n) is 5.47. The first-order valence-corrected chi connectivity index (χ1v) is 7.84. The van der Waals surface area contributed by atoms with Crippen LogP contribution in [-0.2, 0) is 23.1 Å². The molecule has 1 aromatic carbocycles. The number of aryl methyl sites for hydroxylation is 1. The highest BCUT2D eigenvalue weighted by Crippen LogP contribution is 2.10. The number of nitrogens with zero attached hydrogens (tertiary/aromatic N) is 2. The zero-order chi connectivity index (χ0) is 17.4. The Morgan fingerprint density at radius 2 is 1.92 bits per heavy atom. The summed E-state index contributed by atoms with van der Waals surface area (Å²) >= 11 is 0. The average molecular weight is 366 g/mol. The van der Waals surface area contributed by atoms with Crippen LogP contribution in [0.1, 0.15) is 17.2 Å². The number of halogens is 1. The van der Waals surface area contributed by atoms with E-state index in [4.69, 9.17) is 0 Å². The number of aromatic nitrogens is 2. The number of amides is 2. The van der Waals surface area contributed by atoms with Crippen molar-refractivity contribution in [1.82, 2.24) is 25.7 Å². The number of rotatable bonds is 8. The summed E-state index contributed by atoms with van der Waals surface area (Å²) in [6.07, 6.45) is 4.15. The molecular weight excluding hydrogens is 342 g/mol. The lowest BCUT2D eigenvalue weighted by atomic mass is 10.1. The van der Waals surface area contributed by atoms with E-state index in [1.165, 1.54) is 0 Å². The molecule has 3 N–H and O–H groups in total. The van der Waals surface area contributed by atoms with Crippen LogP contribution in [0, 0.1) is 0 Å². The average Bonchev–Trinajstić information content (AvgIpc) is 3.01. The Morgan fingerprint density at radius 1 is 1.20 bits per heavy atom. The third kappa shape index (κ3) is 6.56. The summed E-state index contributed by atoms with van der Waals surface area (Å²) in [6, 6.07) is 9.38. The minimum atomic E-state index is -0.532. The molecule has 0 saturated carbocycles. The second-order valence-corrected chi connectivity index (χ2v) is 5.47. The molecule has 0 bridgehead atoms. The quantitative estimate of drug-likeness (QED) is 0.638. The SMILES string of the molecule is CNC(C(=O)NCC(=O)NCCc1ccccc1)c1cnn(C)c1.Cl. The van der Waals surface area contributed by atoms with E-state index in [9.17, 15) is 9.59 Å². The zero-order valence-electron chi connectivity index (χ0n) is 14.4. The van der Waals surface area contributed by atoms with E-state index in [1.807, 2.05) is 30.3 Å². The van der Waals surface area contributed by atoms with Gasteiger partial charge < -0.3 is 16.0 Å². The summed E-state index contributed by atoms with van der Waals surface area (Å²) in [4.78, 5) is 24.0. The third-order valence-electron chi connectivity index (χ3n) is 3.61. The summed E-state index contributed by atoms with van der Waals surface area (Å²) in [5, 5.41) is 12.4. The van der Waals surface area contributed by atoms with Gasteiger partial charge in [-0.25, -0.2) is 0 Å². The van der Waals surface area contributed by atoms with Gasteiger partial charge in [0.15, 0.2) is 0 Å². The minimum Gasteiger partial charge on any atom is -0.354 e. The lowest BCUT2D eigenvalue weighted by Crippen LogP contribution is -2.42. The maximum absolute atomic E-state index is 12.2. The van der Waals surface area contributed by atoms with Gasteiger partial charge in [0, 0.05) is 25.4 Å². The lowest BCUT2D eigenvalue weighted by Gasteiger charge is -2.14. The van der Waals surface area contributed by atoms with Gasteiger partial charge in [0.05, 0.1) is 12.7 Å². The van der Waals surface area contributed by atoms with Gasteiger partial charge >= 0.3 is 0 Å². The predicted octanol–water partition coefficient (Wildman–Crippen LogP) is 0.578. The van der Waals surface area contributed by atoms with Crippen molar-refractivity contribution in [1.29, 1.82) is 0 Å². The first-order valence-electron chi connectivity index (χ1n) is 7.84. The molecule has 25 heavy (non-hydrogen) atoms. The minimum absolute atomic E-state index is 0. The summed E-state index contributed by atoms with van der Waals surface area (Å²) in [7, 11) is 3.48. The van der Waals surface area contributed by atoms with Crippen molar-refractivity contribution in [2.45, 2.75) is 12.5 Å². The number of carbonyl (C=O) groups excluding carboxylic acids is 2. The van der Waals surface area contributed by atoms with E-state index in [1.54, 1.807) is 31.2 Å². The summed E-state index contributed by atoms with van der Waals surface area (Å²) in [5.41, 5.74) is 1.91. The van der Waals surface area contributed by atoms with Crippen molar-refractivity contribution in [2.24, 2.45) is 7.05 Å². The third-order valence-corrected chi connectivity index (χ3v) is 3.61. The Labute approximate surface area is 153 Å². The van der Waals surface area contributed by atoms with Crippen molar-refractivity contribution < 1.29 is 9.59 Å². The van der Waals surface area contributed by atoms with Crippen molar-refractivity contribution in [2.75, 3.05) is 20.1 Å². The van der Waals surface area contributed by atoms with Gasteiger partial charge in [-0.2, -0.15) is 5.10 Å². The Morgan fingerprint density at radius 3 is 2.52 bits per heavy atom. The maximum Gasteiger partial charge on any atom is 0.242 e.